The highest BCUT2D eigenvalue weighted by Gasteiger charge is 2.17. The van der Waals surface area contributed by atoms with E-state index >= 15 is 0 Å². The molecule has 0 saturated carbocycles. The van der Waals surface area contributed by atoms with E-state index in [1.54, 1.807) is 30.3 Å². The third-order valence-corrected chi connectivity index (χ3v) is 6.50. The summed E-state index contributed by atoms with van der Waals surface area (Å²) >= 11 is 23.9. The molecule has 0 atom stereocenters. The van der Waals surface area contributed by atoms with Crippen LogP contribution in [-0.4, -0.2) is 14.3 Å². The summed E-state index contributed by atoms with van der Waals surface area (Å²) in [5.74, 6) is -0.520. The van der Waals surface area contributed by atoms with E-state index in [0.29, 0.717) is 26.3 Å². The van der Waals surface area contributed by atoms with Crippen LogP contribution in [0, 0.1) is 0 Å². The number of carbonyl (C=O) groups is 1. The maximum absolute atomic E-state index is 12.7. The number of benzene rings is 3. The van der Waals surface area contributed by atoms with Crippen LogP contribution in [0.15, 0.2) is 71.6 Å². The first-order valence-corrected chi connectivity index (χ1v) is 11.7. The highest BCUT2D eigenvalue weighted by Crippen LogP contribution is 2.27. The zero-order valence-electron chi connectivity index (χ0n) is 15.6. The van der Waals surface area contributed by atoms with Gasteiger partial charge < -0.3 is 5.32 Å². The van der Waals surface area contributed by atoms with Crippen molar-refractivity contribution in [1.29, 1.82) is 0 Å². The number of amides is 1. The molecule has 31 heavy (non-hydrogen) atoms. The molecule has 0 spiro atoms. The number of halogens is 4. The summed E-state index contributed by atoms with van der Waals surface area (Å²) in [6, 6.07) is 15.0. The van der Waals surface area contributed by atoms with Gasteiger partial charge in [0.25, 0.3) is 10.0 Å². The van der Waals surface area contributed by atoms with Crippen molar-refractivity contribution in [3.05, 3.63) is 92.4 Å². The smallest absolute Gasteiger partial charge is 0.261 e. The van der Waals surface area contributed by atoms with Crippen LogP contribution in [-0.2, 0) is 14.8 Å². The third kappa shape index (κ3) is 6.38. The first kappa shape index (κ1) is 23.4. The topological polar surface area (TPSA) is 75.3 Å². The maximum Gasteiger partial charge on any atom is 0.261 e. The molecule has 0 bridgehead atoms. The lowest BCUT2D eigenvalue weighted by Crippen LogP contribution is -2.14. The predicted octanol–water partition coefficient (Wildman–Crippen LogP) is 6.75. The van der Waals surface area contributed by atoms with Crippen molar-refractivity contribution in [1.82, 2.24) is 0 Å². The van der Waals surface area contributed by atoms with Crippen molar-refractivity contribution in [3.63, 3.8) is 0 Å². The van der Waals surface area contributed by atoms with Crippen LogP contribution in [0.5, 0.6) is 0 Å². The standard InChI is InChI=1S/C21H14Cl4N2O3S/c22-14-4-6-16(7-5-14)27-31(29,30)17-8-9-18(24)20(12-17)26-21(28)10-2-13-1-3-15(23)11-19(13)25/h1-12,27H,(H,26,28)/b10-2+. The number of anilines is 2. The molecule has 0 aliphatic carbocycles. The number of nitrogens with one attached hydrogen (secondary N) is 2. The summed E-state index contributed by atoms with van der Waals surface area (Å²) in [7, 11) is -3.92. The average molecular weight is 516 g/mol. The Balaban J connectivity index is 1.77. The second-order valence-corrected chi connectivity index (χ2v) is 9.61. The molecule has 160 valence electrons. The molecule has 2 N–H and O–H groups in total. The van der Waals surface area contributed by atoms with Crippen molar-refractivity contribution in [2.24, 2.45) is 0 Å². The molecule has 0 fully saturated rings. The van der Waals surface area contributed by atoms with Crippen LogP contribution in [0.2, 0.25) is 20.1 Å². The van der Waals surface area contributed by atoms with E-state index in [9.17, 15) is 13.2 Å². The lowest BCUT2D eigenvalue weighted by molar-refractivity contribution is -0.111. The second-order valence-electron chi connectivity index (χ2n) is 6.24. The van der Waals surface area contributed by atoms with Crippen molar-refractivity contribution >= 4 is 79.8 Å². The minimum Gasteiger partial charge on any atom is -0.321 e. The van der Waals surface area contributed by atoms with Crippen LogP contribution >= 0.6 is 46.4 Å². The van der Waals surface area contributed by atoms with Gasteiger partial charge >= 0.3 is 0 Å². The van der Waals surface area contributed by atoms with E-state index in [-0.39, 0.29) is 15.6 Å². The van der Waals surface area contributed by atoms with Gasteiger partial charge in [-0.25, -0.2) is 8.42 Å². The number of hydrogen-bond acceptors (Lipinski definition) is 3. The SMILES string of the molecule is O=C(/C=C/c1ccc(Cl)cc1Cl)Nc1cc(S(=O)(=O)Nc2ccc(Cl)cc2)ccc1Cl. The molecule has 3 aromatic rings. The summed E-state index contributed by atoms with van der Waals surface area (Å²) in [5.41, 5.74) is 1.07. The summed E-state index contributed by atoms with van der Waals surface area (Å²) in [6.45, 7) is 0. The van der Waals surface area contributed by atoms with Crippen molar-refractivity contribution < 1.29 is 13.2 Å². The molecule has 0 heterocycles. The molecule has 0 saturated heterocycles. The molecule has 3 aromatic carbocycles. The van der Waals surface area contributed by atoms with Gasteiger partial charge in [0.2, 0.25) is 5.91 Å². The zero-order valence-corrected chi connectivity index (χ0v) is 19.4. The number of hydrogen-bond donors (Lipinski definition) is 2. The number of rotatable bonds is 6. The molecule has 5 nitrogen and oxygen atoms in total. The van der Waals surface area contributed by atoms with Gasteiger partial charge in [0, 0.05) is 26.8 Å². The monoisotopic (exact) mass is 514 g/mol. The Morgan fingerprint density at radius 1 is 0.806 bits per heavy atom. The van der Waals surface area contributed by atoms with E-state index in [1.165, 1.54) is 42.5 Å². The fourth-order valence-corrected chi connectivity index (χ4v) is 4.32. The first-order chi connectivity index (χ1) is 14.6. The maximum atomic E-state index is 12.7. The van der Waals surface area contributed by atoms with Crippen molar-refractivity contribution in [3.8, 4) is 0 Å². The van der Waals surface area contributed by atoms with E-state index in [1.807, 2.05) is 0 Å². The normalized spacial score (nSPS) is 11.5. The molecular weight excluding hydrogens is 502 g/mol. The highest BCUT2D eigenvalue weighted by atomic mass is 35.5. The Labute approximate surface area is 199 Å². The number of carbonyl (C=O) groups excluding carboxylic acids is 1. The lowest BCUT2D eigenvalue weighted by atomic mass is 10.2. The van der Waals surface area contributed by atoms with Crippen molar-refractivity contribution in [2.75, 3.05) is 10.0 Å². The van der Waals surface area contributed by atoms with Crippen LogP contribution in [0.4, 0.5) is 11.4 Å². The quantitative estimate of drug-likeness (QED) is 0.356. The molecule has 1 amide bonds. The summed E-state index contributed by atoms with van der Waals surface area (Å²) < 4.78 is 27.8. The van der Waals surface area contributed by atoms with Gasteiger partial charge in [-0.1, -0.05) is 52.5 Å². The van der Waals surface area contributed by atoms with Gasteiger partial charge in [0.15, 0.2) is 0 Å². The zero-order chi connectivity index (χ0) is 22.6. The van der Waals surface area contributed by atoms with Crippen LogP contribution < -0.4 is 10.0 Å². The van der Waals surface area contributed by atoms with Crippen molar-refractivity contribution in [2.45, 2.75) is 4.90 Å². The Bertz CT molecular complexity index is 1260. The Morgan fingerprint density at radius 3 is 2.16 bits per heavy atom. The highest BCUT2D eigenvalue weighted by molar-refractivity contribution is 7.92. The van der Waals surface area contributed by atoms with Gasteiger partial charge in [0.1, 0.15) is 0 Å². The predicted molar refractivity (Wildman–Crippen MR) is 128 cm³/mol. The van der Waals surface area contributed by atoms with E-state index in [4.69, 9.17) is 46.4 Å². The Kier molecular flexibility index (Phi) is 7.51. The molecular formula is C21H14Cl4N2O3S. The van der Waals surface area contributed by atoms with E-state index in [2.05, 4.69) is 10.0 Å². The Morgan fingerprint density at radius 2 is 1.48 bits per heavy atom. The molecule has 0 radical (unpaired) electrons. The minimum absolute atomic E-state index is 0.0770. The van der Waals surface area contributed by atoms with Gasteiger partial charge in [0.05, 0.1) is 15.6 Å². The summed E-state index contributed by atoms with van der Waals surface area (Å²) in [6.07, 6.45) is 2.75. The van der Waals surface area contributed by atoms with Gasteiger partial charge in [-0.3, -0.25) is 9.52 Å². The average Bonchev–Trinajstić information content (AvgIpc) is 2.70. The molecule has 0 aromatic heterocycles. The summed E-state index contributed by atoms with van der Waals surface area (Å²) in [4.78, 5) is 12.2. The van der Waals surface area contributed by atoms with E-state index < -0.39 is 15.9 Å². The van der Waals surface area contributed by atoms with E-state index in [0.717, 1.165) is 0 Å². The second kappa shape index (κ2) is 9.94. The molecule has 3 rings (SSSR count). The van der Waals surface area contributed by atoms with Gasteiger partial charge in [-0.2, -0.15) is 0 Å². The number of sulfonamides is 1. The largest absolute Gasteiger partial charge is 0.321 e. The molecule has 10 heteroatoms. The molecule has 0 aliphatic rings. The summed E-state index contributed by atoms with van der Waals surface area (Å²) in [5, 5.41) is 4.08. The van der Waals surface area contributed by atoms with Crippen LogP contribution in [0.1, 0.15) is 5.56 Å². The third-order valence-electron chi connectivity index (χ3n) is 3.98. The molecule has 0 aliphatic heterocycles. The first-order valence-electron chi connectivity index (χ1n) is 8.66. The fourth-order valence-electron chi connectivity index (χ4n) is 2.48. The minimum atomic E-state index is -3.92. The van der Waals surface area contributed by atoms with Gasteiger partial charge in [-0.05, 0) is 66.2 Å². The fraction of sp³-hybridized carbons (Fsp3) is 0. The Hall–Kier alpha value is -2.22. The lowest BCUT2D eigenvalue weighted by Gasteiger charge is -2.11. The van der Waals surface area contributed by atoms with Crippen LogP contribution in [0.3, 0.4) is 0 Å². The van der Waals surface area contributed by atoms with Crippen LogP contribution in [0.25, 0.3) is 6.08 Å². The van der Waals surface area contributed by atoms with Gasteiger partial charge in [-0.15, -0.1) is 0 Å². The molecule has 0 unspecified atom stereocenters.